The van der Waals surface area contributed by atoms with Gasteiger partial charge in [-0.3, -0.25) is 4.90 Å². The molecular weight excluding hydrogens is 284 g/mol. The van der Waals surface area contributed by atoms with Crippen LogP contribution in [0, 0.1) is 0 Å². The Morgan fingerprint density at radius 2 is 1.70 bits per heavy atom. The van der Waals surface area contributed by atoms with Crippen LogP contribution in [0.2, 0.25) is 0 Å². The number of para-hydroxylation sites is 1. The summed E-state index contributed by atoms with van der Waals surface area (Å²) in [6, 6.07) is 19.1. The van der Waals surface area contributed by atoms with E-state index >= 15 is 0 Å². The van der Waals surface area contributed by atoms with Crippen molar-refractivity contribution in [3.63, 3.8) is 0 Å². The minimum Gasteiger partial charge on any atom is -0.390 e. The van der Waals surface area contributed by atoms with Gasteiger partial charge in [0, 0.05) is 37.9 Å². The van der Waals surface area contributed by atoms with E-state index in [1.165, 1.54) is 22.0 Å². The van der Waals surface area contributed by atoms with Crippen molar-refractivity contribution >= 4 is 10.9 Å². The van der Waals surface area contributed by atoms with E-state index in [9.17, 15) is 5.11 Å². The predicted molar refractivity (Wildman–Crippen MR) is 93.4 cm³/mol. The van der Waals surface area contributed by atoms with Crippen LogP contribution in [0.25, 0.3) is 10.9 Å². The largest absolute Gasteiger partial charge is 0.390 e. The molecule has 0 fully saturated rings. The van der Waals surface area contributed by atoms with Crippen LogP contribution in [-0.2, 0) is 19.5 Å². The van der Waals surface area contributed by atoms with Crippen LogP contribution < -0.4 is 0 Å². The molecule has 1 N–H and O–H groups in total. The Balaban J connectivity index is 1.42. The van der Waals surface area contributed by atoms with Gasteiger partial charge in [0.1, 0.15) is 0 Å². The van der Waals surface area contributed by atoms with Crippen molar-refractivity contribution in [1.82, 2.24) is 9.47 Å². The minimum atomic E-state index is -0.351. The average molecular weight is 306 g/mol. The first kappa shape index (κ1) is 14.5. The summed E-state index contributed by atoms with van der Waals surface area (Å²) in [7, 11) is 0. The molecule has 1 aliphatic rings. The predicted octanol–water partition coefficient (Wildman–Crippen LogP) is 3.06. The monoisotopic (exact) mass is 306 g/mol. The summed E-state index contributed by atoms with van der Waals surface area (Å²) in [5.41, 5.74) is 4.04. The fraction of sp³-hybridized carbons (Fsp3) is 0.300. The number of hydrogen-bond acceptors (Lipinski definition) is 2. The molecule has 0 amide bonds. The highest BCUT2D eigenvalue weighted by molar-refractivity contribution is 5.79. The molecule has 0 aliphatic carbocycles. The zero-order chi connectivity index (χ0) is 15.6. The van der Waals surface area contributed by atoms with E-state index in [2.05, 4.69) is 58.1 Å². The zero-order valence-corrected chi connectivity index (χ0v) is 13.2. The maximum absolute atomic E-state index is 10.5. The van der Waals surface area contributed by atoms with Gasteiger partial charge in [0.25, 0.3) is 0 Å². The first-order chi connectivity index (χ1) is 11.3. The molecule has 3 nitrogen and oxygen atoms in total. The number of β-amino-alcohol motifs (C(OH)–C–C–N with tert-alkyl or cyclic N) is 1. The molecule has 1 aromatic heterocycles. The Morgan fingerprint density at radius 3 is 2.61 bits per heavy atom. The normalized spacial score (nSPS) is 16.4. The number of nitrogens with zero attached hydrogens (tertiary/aromatic N) is 2. The third-order valence-electron chi connectivity index (χ3n) is 4.77. The quantitative estimate of drug-likeness (QED) is 0.802. The van der Waals surface area contributed by atoms with Gasteiger partial charge in [0.15, 0.2) is 0 Å². The number of hydrogen-bond donors (Lipinski definition) is 1. The molecule has 0 spiro atoms. The van der Waals surface area contributed by atoms with E-state index in [4.69, 9.17) is 0 Å². The molecule has 2 aromatic carbocycles. The lowest BCUT2D eigenvalue weighted by atomic mass is 10.00. The highest BCUT2D eigenvalue weighted by atomic mass is 16.3. The van der Waals surface area contributed by atoms with Crippen molar-refractivity contribution in [3.8, 4) is 0 Å². The first-order valence-corrected chi connectivity index (χ1v) is 8.31. The van der Waals surface area contributed by atoms with Crippen molar-refractivity contribution in [2.75, 3.05) is 13.1 Å². The van der Waals surface area contributed by atoms with Gasteiger partial charge in [0.05, 0.1) is 6.10 Å². The second kappa shape index (κ2) is 6.19. The van der Waals surface area contributed by atoms with Crippen molar-refractivity contribution in [3.05, 3.63) is 71.9 Å². The van der Waals surface area contributed by atoms with E-state index < -0.39 is 0 Å². The Hall–Kier alpha value is -2.10. The van der Waals surface area contributed by atoms with Gasteiger partial charge in [-0.05, 0) is 35.1 Å². The van der Waals surface area contributed by atoms with Gasteiger partial charge in [-0.2, -0.15) is 0 Å². The van der Waals surface area contributed by atoms with Crippen LogP contribution >= 0.6 is 0 Å². The highest BCUT2D eigenvalue weighted by Gasteiger charge is 2.18. The molecule has 3 aromatic rings. The van der Waals surface area contributed by atoms with E-state index in [1.54, 1.807) is 0 Å². The second-order valence-corrected chi connectivity index (χ2v) is 6.43. The molecule has 23 heavy (non-hydrogen) atoms. The smallest absolute Gasteiger partial charge is 0.0845 e. The van der Waals surface area contributed by atoms with Crippen LogP contribution in [0.3, 0.4) is 0 Å². The van der Waals surface area contributed by atoms with Crippen LogP contribution in [0.1, 0.15) is 11.1 Å². The van der Waals surface area contributed by atoms with E-state index in [0.717, 1.165) is 26.1 Å². The Kier molecular flexibility index (Phi) is 3.90. The Labute approximate surface area is 136 Å². The summed E-state index contributed by atoms with van der Waals surface area (Å²) < 4.78 is 2.15. The number of aromatic nitrogens is 1. The second-order valence-electron chi connectivity index (χ2n) is 6.43. The summed E-state index contributed by atoms with van der Waals surface area (Å²) in [6.07, 6.45) is 2.80. The van der Waals surface area contributed by atoms with Crippen molar-refractivity contribution in [1.29, 1.82) is 0 Å². The number of aliphatic hydroxyl groups excluding tert-OH is 1. The standard InChI is InChI=1S/C20H22N2O/c23-19(15-22-12-10-17-6-3-4-8-20(17)22)14-21-11-9-16-5-1-2-7-18(16)13-21/h1-8,10,12,19,23H,9,11,13-15H2/t19-/m1/s1. The first-order valence-electron chi connectivity index (χ1n) is 8.31. The zero-order valence-electron chi connectivity index (χ0n) is 13.2. The van der Waals surface area contributed by atoms with Crippen LogP contribution in [0.15, 0.2) is 60.8 Å². The number of rotatable bonds is 4. The molecule has 0 radical (unpaired) electrons. The lowest BCUT2D eigenvalue weighted by Crippen LogP contribution is -2.38. The molecule has 118 valence electrons. The van der Waals surface area contributed by atoms with Crippen LogP contribution in [0.4, 0.5) is 0 Å². The van der Waals surface area contributed by atoms with Gasteiger partial charge < -0.3 is 9.67 Å². The van der Waals surface area contributed by atoms with E-state index in [1.807, 2.05) is 12.1 Å². The Morgan fingerprint density at radius 1 is 0.913 bits per heavy atom. The number of benzene rings is 2. The van der Waals surface area contributed by atoms with Gasteiger partial charge in [-0.25, -0.2) is 0 Å². The van der Waals surface area contributed by atoms with E-state index in [-0.39, 0.29) is 6.10 Å². The summed E-state index contributed by atoms with van der Waals surface area (Å²) in [5.74, 6) is 0. The fourth-order valence-corrected chi connectivity index (χ4v) is 3.59. The number of aliphatic hydroxyl groups is 1. The summed E-state index contributed by atoms with van der Waals surface area (Å²) in [6.45, 7) is 3.34. The topological polar surface area (TPSA) is 28.4 Å². The molecule has 0 unspecified atom stereocenters. The summed E-state index contributed by atoms with van der Waals surface area (Å²) in [4.78, 5) is 2.36. The molecule has 3 heteroatoms. The lowest BCUT2D eigenvalue weighted by Gasteiger charge is -2.30. The van der Waals surface area contributed by atoms with Gasteiger partial charge in [-0.15, -0.1) is 0 Å². The maximum Gasteiger partial charge on any atom is 0.0845 e. The van der Waals surface area contributed by atoms with Gasteiger partial charge >= 0.3 is 0 Å². The molecular formula is C20H22N2O. The fourth-order valence-electron chi connectivity index (χ4n) is 3.59. The molecule has 2 heterocycles. The maximum atomic E-state index is 10.5. The number of fused-ring (bicyclic) bond motifs is 2. The van der Waals surface area contributed by atoms with Crippen LogP contribution in [-0.4, -0.2) is 33.8 Å². The van der Waals surface area contributed by atoms with Crippen LogP contribution in [0.5, 0.6) is 0 Å². The lowest BCUT2D eigenvalue weighted by molar-refractivity contribution is 0.0928. The highest BCUT2D eigenvalue weighted by Crippen LogP contribution is 2.19. The third-order valence-corrected chi connectivity index (χ3v) is 4.77. The van der Waals surface area contributed by atoms with E-state index in [0.29, 0.717) is 6.54 Å². The molecule has 4 rings (SSSR count). The summed E-state index contributed by atoms with van der Waals surface area (Å²) >= 11 is 0. The molecule has 0 bridgehead atoms. The summed E-state index contributed by atoms with van der Waals surface area (Å²) in [5, 5.41) is 11.7. The minimum absolute atomic E-state index is 0.351. The van der Waals surface area contributed by atoms with Crippen molar-refractivity contribution < 1.29 is 5.11 Å². The van der Waals surface area contributed by atoms with Gasteiger partial charge in [0.2, 0.25) is 0 Å². The molecule has 1 atom stereocenters. The van der Waals surface area contributed by atoms with Gasteiger partial charge in [-0.1, -0.05) is 42.5 Å². The molecule has 0 saturated heterocycles. The van der Waals surface area contributed by atoms with Crippen molar-refractivity contribution in [2.45, 2.75) is 25.6 Å². The third kappa shape index (κ3) is 3.03. The Bertz CT molecular complexity index is 808. The SMILES string of the molecule is O[C@H](CN1CCc2ccccc2C1)Cn1ccc2ccccc21. The molecule has 1 aliphatic heterocycles. The average Bonchev–Trinajstić information content (AvgIpc) is 2.98. The van der Waals surface area contributed by atoms with Crippen molar-refractivity contribution in [2.24, 2.45) is 0 Å². The molecule has 0 saturated carbocycles.